The Kier molecular flexibility index (Phi) is 5.79. The summed E-state index contributed by atoms with van der Waals surface area (Å²) in [6, 6.07) is 16.4. The topological polar surface area (TPSA) is 112 Å². The number of hydrogen-bond acceptors (Lipinski definition) is 8. The Hall–Kier alpha value is -4.01. The molecule has 4 rings (SSSR count). The van der Waals surface area contributed by atoms with Crippen LogP contribution in [0.1, 0.15) is 28.8 Å². The van der Waals surface area contributed by atoms with Gasteiger partial charge in [0.2, 0.25) is 0 Å². The number of tetrazole rings is 1. The predicted octanol–water partition coefficient (Wildman–Crippen LogP) is 3.08. The number of pyridine rings is 1. The molecule has 2 aromatic heterocycles. The van der Waals surface area contributed by atoms with Crippen molar-refractivity contribution in [2.75, 3.05) is 6.61 Å². The summed E-state index contributed by atoms with van der Waals surface area (Å²) in [4.78, 5) is 16.5. The summed E-state index contributed by atoms with van der Waals surface area (Å²) in [5.41, 5.74) is 2.06. The Bertz CT molecular complexity index is 1150. The molecule has 1 N–H and O–H groups in total. The number of carbonyl (C=O) groups is 1. The van der Waals surface area contributed by atoms with E-state index in [-0.39, 0.29) is 12.6 Å². The first kappa shape index (κ1) is 19.3. The molecule has 0 aliphatic carbocycles. The van der Waals surface area contributed by atoms with Gasteiger partial charge in [-0.3, -0.25) is 0 Å². The van der Waals surface area contributed by atoms with Crippen LogP contribution in [0.3, 0.4) is 0 Å². The number of carbonyl (C=O) groups excluding carboxylic acids is 1. The van der Waals surface area contributed by atoms with E-state index < -0.39 is 0 Å². The number of fused-ring (bicyclic) bond motifs is 1. The Morgan fingerprint density at radius 3 is 2.60 bits per heavy atom. The lowest BCUT2D eigenvalue weighted by Gasteiger charge is -2.09. The van der Waals surface area contributed by atoms with Crippen LogP contribution >= 0.6 is 0 Å². The van der Waals surface area contributed by atoms with E-state index in [1.165, 1.54) is 0 Å². The van der Waals surface area contributed by atoms with Gasteiger partial charge in [0, 0.05) is 11.5 Å². The van der Waals surface area contributed by atoms with Gasteiger partial charge < -0.3 is 14.2 Å². The van der Waals surface area contributed by atoms with E-state index in [4.69, 9.17) is 14.2 Å². The molecule has 0 atom stereocenters. The summed E-state index contributed by atoms with van der Waals surface area (Å²) >= 11 is 0. The number of aromatic nitrogens is 5. The van der Waals surface area contributed by atoms with Crippen molar-refractivity contribution >= 4 is 16.9 Å². The van der Waals surface area contributed by atoms with Gasteiger partial charge in [-0.05, 0) is 53.7 Å². The minimum atomic E-state index is -0.339. The normalized spacial score (nSPS) is 10.7. The van der Waals surface area contributed by atoms with Crippen LogP contribution < -0.4 is 9.47 Å². The molecule has 0 radical (unpaired) electrons. The fourth-order valence-electron chi connectivity index (χ4n) is 2.79. The number of nitrogens with zero attached hydrogens (tertiary/aromatic N) is 4. The van der Waals surface area contributed by atoms with Crippen LogP contribution in [0, 0.1) is 0 Å². The van der Waals surface area contributed by atoms with Crippen LogP contribution in [0.2, 0.25) is 0 Å². The first-order chi connectivity index (χ1) is 14.7. The summed E-state index contributed by atoms with van der Waals surface area (Å²) in [7, 11) is 0. The molecule has 30 heavy (non-hydrogen) atoms. The smallest absolute Gasteiger partial charge is 0.338 e. The van der Waals surface area contributed by atoms with Crippen molar-refractivity contribution in [1.82, 2.24) is 25.6 Å². The minimum absolute atomic E-state index is 0.233. The number of aromatic amines is 1. The highest BCUT2D eigenvalue weighted by atomic mass is 16.5. The molecule has 9 heteroatoms. The van der Waals surface area contributed by atoms with Gasteiger partial charge >= 0.3 is 5.97 Å². The van der Waals surface area contributed by atoms with Crippen LogP contribution in [0.25, 0.3) is 10.9 Å². The molecule has 2 heterocycles. The number of benzene rings is 2. The second-order valence-corrected chi connectivity index (χ2v) is 6.33. The van der Waals surface area contributed by atoms with Gasteiger partial charge in [-0.1, -0.05) is 12.1 Å². The standard InChI is InChI=1S/C21H19N5O4/c1-2-28-21(27)15-7-9-19-14(10-15)6-8-16(22-19)12-29-17-4-3-5-18(11-17)30-13-20-23-25-26-24-20/h3-11H,2,12-13H2,1H3,(H,23,24,25,26). The SMILES string of the molecule is CCOC(=O)c1ccc2nc(COc3cccc(OCc4nnn[nH]4)c3)ccc2c1. The van der Waals surface area contributed by atoms with Gasteiger partial charge in [-0.2, -0.15) is 0 Å². The monoisotopic (exact) mass is 405 g/mol. The van der Waals surface area contributed by atoms with Gasteiger partial charge in [0.15, 0.2) is 5.82 Å². The maximum atomic E-state index is 11.9. The second-order valence-electron chi connectivity index (χ2n) is 6.33. The number of esters is 1. The molecular formula is C21H19N5O4. The Morgan fingerprint density at radius 2 is 1.83 bits per heavy atom. The lowest BCUT2D eigenvalue weighted by Crippen LogP contribution is -2.04. The van der Waals surface area contributed by atoms with Gasteiger partial charge in [0.25, 0.3) is 0 Å². The third kappa shape index (κ3) is 4.69. The molecule has 0 spiro atoms. The summed E-state index contributed by atoms with van der Waals surface area (Å²) in [5.74, 6) is 1.49. The van der Waals surface area contributed by atoms with E-state index in [0.29, 0.717) is 36.1 Å². The van der Waals surface area contributed by atoms with Crippen LogP contribution in [-0.4, -0.2) is 38.2 Å². The third-order valence-corrected chi connectivity index (χ3v) is 4.21. The second kappa shape index (κ2) is 8.99. The molecule has 4 aromatic rings. The lowest BCUT2D eigenvalue weighted by atomic mass is 10.1. The molecule has 9 nitrogen and oxygen atoms in total. The summed E-state index contributed by atoms with van der Waals surface area (Å²) < 4.78 is 16.5. The van der Waals surface area contributed by atoms with Gasteiger partial charge in [-0.25, -0.2) is 14.9 Å². The van der Waals surface area contributed by atoms with Crippen molar-refractivity contribution in [3.8, 4) is 11.5 Å². The first-order valence-electron chi connectivity index (χ1n) is 9.36. The number of rotatable bonds is 8. The predicted molar refractivity (Wildman–Crippen MR) is 107 cm³/mol. The average molecular weight is 405 g/mol. The highest BCUT2D eigenvalue weighted by molar-refractivity contribution is 5.94. The van der Waals surface area contributed by atoms with Crippen molar-refractivity contribution in [3.63, 3.8) is 0 Å². The largest absolute Gasteiger partial charge is 0.487 e. The molecule has 0 unspecified atom stereocenters. The number of ether oxygens (including phenoxy) is 3. The molecule has 0 saturated heterocycles. The highest BCUT2D eigenvalue weighted by Gasteiger charge is 2.08. The molecule has 0 bridgehead atoms. The zero-order valence-corrected chi connectivity index (χ0v) is 16.2. The van der Waals surface area contributed by atoms with Gasteiger partial charge in [-0.15, -0.1) is 5.10 Å². The molecule has 0 saturated carbocycles. The number of nitrogens with one attached hydrogen (secondary N) is 1. The van der Waals surface area contributed by atoms with Crippen LogP contribution in [0.4, 0.5) is 0 Å². The fourth-order valence-corrected chi connectivity index (χ4v) is 2.79. The summed E-state index contributed by atoms with van der Waals surface area (Å²) in [5, 5.41) is 14.3. The van der Waals surface area contributed by atoms with Gasteiger partial charge in [0.1, 0.15) is 24.7 Å². The van der Waals surface area contributed by atoms with Crippen molar-refractivity contribution in [2.45, 2.75) is 20.1 Å². The zero-order valence-electron chi connectivity index (χ0n) is 16.2. The number of H-pyrrole nitrogens is 1. The van der Waals surface area contributed by atoms with E-state index in [9.17, 15) is 4.79 Å². The summed E-state index contributed by atoms with van der Waals surface area (Å²) in [6.07, 6.45) is 0. The Labute approximate surface area is 172 Å². The maximum Gasteiger partial charge on any atom is 0.338 e. The quantitative estimate of drug-likeness (QED) is 0.445. The van der Waals surface area contributed by atoms with Crippen molar-refractivity contribution < 1.29 is 19.0 Å². The maximum absolute atomic E-state index is 11.9. The third-order valence-electron chi connectivity index (χ3n) is 4.21. The van der Waals surface area contributed by atoms with Crippen molar-refractivity contribution in [2.24, 2.45) is 0 Å². The van der Waals surface area contributed by atoms with E-state index in [1.807, 2.05) is 30.3 Å². The number of hydrogen-bond donors (Lipinski definition) is 1. The lowest BCUT2D eigenvalue weighted by molar-refractivity contribution is 0.0526. The van der Waals surface area contributed by atoms with Crippen LogP contribution in [-0.2, 0) is 18.0 Å². The first-order valence-corrected chi connectivity index (χ1v) is 9.36. The van der Waals surface area contributed by atoms with Gasteiger partial charge in [0.05, 0.1) is 23.4 Å². The van der Waals surface area contributed by atoms with E-state index in [0.717, 1.165) is 16.6 Å². The fraction of sp³-hybridized carbons (Fsp3) is 0.190. The zero-order chi connectivity index (χ0) is 20.8. The molecule has 0 aliphatic rings. The molecule has 2 aromatic carbocycles. The van der Waals surface area contributed by atoms with Crippen LogP contribution in [0.15, 0.2) is 54.6 Å². The van der Waals surface area contributed by atoms with Crippen molar-refractivity contribution in [1.29, 1.82) is 0 Å². The Morgan fingerprint density at radius 1 is 1.00 bits per heavy atom. The molecule has 0 aliphatic heterocycles. The van der Waals surface area contributed by atoms with Crippen molar-refractivity contribution in [3.05, 3.63) is 71.7 Å². The summed E-state index contributed by atoms with van der Waals surface area (Å²) in [6.45, 7) is 2.65. The minimum Gasteiger partial charge on any atom is -0.487 e. The highest BCUT2D eigenvalue weighted by Crippen LogP contribution is 2.22. The Balaban J connectivity index is 1.40. The molecular weight excluding hydrogens is 386 g/mol. The molecule has 152 valence electrons. The van der Waals surface area contributed by atoms with E-state index >= 15 is 0 Å². The van der Waals surface area contributed by atoms with Crippen LogP contribution in [0.5, 0.6) is 11.5 Å². The molecule has 0 amide bonds. The van der Waals surface area contributed by atoms with E-state index in [1.54, 1.807) is 31.2 Å². The molecule has 0 fully saturated rings. The average Bonchev–Trinajstić information content (AvgIpc) is 3.30. The van der Waals surface area contributed by atoms with E-state index in [2.05, 4.69) is 25.6 Å².